The monoisotopic (exact) mass is 223 g/mol. The molecule has 2 aromatic carbocycles. The highest BCUT2D eigenvalue weighted by Gasteiger charge is 2.08. The third kappa shape index (κ3) is 1.94. The van der Waals surface area contributed by atoms with Gasteiger partial charge in [-0.05, 0) is 35.4 Å². The number of allylic oxidation sites excluding steroid dienone is 1. The second kappa shape index (κ2) is 4.06. The van der Waals surface area contributed by atoms with Crippen LogP contribution in [0.15, 0.2) is 53.7 Å². The molecule has 0 aromatic heterocycles. The van der Waals surface area contributed by atoms with Gasteiger partial charge in [0.05, 0.1) is 5.71 Å². The van der Waals surface area contributed by atoms with E-state index < -0.39 is 0 Å². The zero-order chi connectivity index (χ0) is 11.7. The largest absolute Gasteiger partial charge is 0.391 e. The maximum Gasteiger partial charge on any atom is 0.142 e. The molecule has 0 spiro atoms. The molecule has 0 unspecified atom stereocenters. The SMILES string of the molecule is CC1=NOCC(c2ccc3ccccc3c2)=C1. The summed E-state index contributed by atoms with van der Waals surface area (Å²) in [6, 6.07) is 14.8. The second-order valence-corrected chi connectivity index (χ2v) is 4.24. The van der Waals surface area contributed by atoms with E-state index in [0.717, 1.165) is 5.71 Å². The maximum atomic E-state index is 5.18. The number of oxime groups is 1. The summed E-state index contributed by atoms with van der Waals surface area (Å²) in [6.45, 7) is 2.50. The van der Waals surface area contributed by atoms with Gasteiger partial charge in [-0.3, -0.25) is 0 Å². The maximum absolute atomic E-state index is 5.18. The van der Waals surface area contributed by atoms with Crippen LogP contribution in [0.5, 0.6) is 0 Å². The normalized spacial score (nSPS) is 15.1. The Kier molecular flexibility index (Phi) is 2.41. The van der Waals surface area contributed by atoms with E-state index in [9.17, 15) is 0 Å². The standard InChI is InChI=1S/C15H13NO/c1-11-8-15(10-17-16-11)14-7-6-12-4-2-3-5-13(12)9-14/h2-9H,10H2,1H3. The third-order valence-electron chi connectivity index (χ3n) is 2.93. The predicted octanol–water partition coefficient (Wildman–Crippen LogP) is 3.63. The molecule has 1 aliphatic rings. The smallest absolute Gasteiger partial charge is 0.142 e. The van der Waals surface area contributed by atoms with Gasteiger partial charge in [0, 0.05) is 5.57 Å². The highest BCUT2D eigenvalue weighted by Crippen LogP contribution is 2.23. The molecule has 2 heteroatoms. The van der Waals surface area contributed by atoms with Crippen molar-refractivity contribution >= 4 is 22.1 Å². The minimum Gasteiger partial charge on any atom is -0.391 e. The van der Waals surface area contributed by atoms with E-state index in [1.807, 2.05) is 6.92 Å². The van der Waals surface area contributed by atoms with Gasteiger partial charge in [0.15, 0.2) is 0 Å². The molecule has 0 radical (unpaired) electrons. The lowest BCUT2D eigenvalue weighted by atomic mass is 10.0. The van der Waals surface area contributed by atoms with Gasteiger partial charge in [0.2, 0.25) is 0 Å². The van der Waals surface area contributed by atoms with Crippen molar-refractivity contribution in [2.45, 2.75) is 6.92 Å². The van der Waals surface area contributed by atoms with Crippen LogP contribution in [0.4, 0.5) is 0 Å². The van der Waals surface area contributed by atoms with Crippen LogP contribution in [0, 0.1) is 0 Å². The van der Waals surface area contributed by atoms with E-state index in [1.54, 1.807) is 0 Å². The van der Waals surface area contributed by atoms with Crippen LogP contribution in [-0.4, -0.2) is 12.3 Å². The summed E-state index contributed by atoms with van der Waals surface area (Å²) in [5.74, 6) is 0. The first-order valence-corrected chi connectivity index (χ1v) is 5.69. The van der Waals surface area contributed by atoms with Gasteiger partial charge in [0.1, 0.15) is 6.61 Å². The minimum absolute atomic E-state index is 0.551. The van der Waals surface area contributed by atoms with Crippen LogP contribution in [0.2, 0.25) is 0 Å². The topological polar surface area (TPSA) is 21.6 Å². The van der Waals surface area contributed by atoms with E-state index in [-0.39, 0.29) is 0 Å². The first-order chi connectivity index (χ1) is 8.33. The van der Waals surface area contributed by atoms with Gasteiger partial charge in [0.25, 0.3) is 0 Å². The first kappa shape index (κ1) is 10.1. The van der Waals surface area contributed by atoms with Gasteiger partial charge < -0.3 is 4.84 Å². The van der Waals surface area contributed by atoms with E-state index in [4.69, 9.17) is 4.84 Å². The Morgan fingerprint density at radius 3 is 2.71 bits per heavy atom. The Bertz CT molecular complexity index is 626. The average Bonchev–Trinajstić information content (AvgIpc) is 2.38. The quantitative estimate of drug-likeness (QED) is 0.723. The second-order valence-electron chi connectivity index (χ2n) is 4.24. The third-order valence-corrected chi connectivity index (χ3v) is 2.93. The molecule has 0 amide bonds. The molecule has 3 rings (SSSR count). The van der Waals surface area contributed by atoms with Crippen molar-refractivity contribution in [1.82, 2.24) is 0 Å². The Balaban J connectivity index is 2.09. The highest BCUT2D eigenvalue weighted by molar-refractivity contribution is 6.00. The number of benzene rings is 2. The summed E-state index contributed by atoms with van der Waals surface area (Å²) >= 11 is 0. The summed E-state index contributed by atoms with van der Waals surface area (Å²) in [6.07, 6.45) is 2.08. The molecular weight excluding hydrogens is 210 g/mol. The van der Waals surface area contributed by atoms with Gasteiger partial charge >= 0.3 is 0 Å². The van der Waals surface area contributed by atoms with Crippen molar-refractivity contribution in [3.8, 4) is 0 Å². The van der Waals surface area contributed by atoms with Crippen molar-refractivity contribution in [1.29, 1.82) is 0 Å². The van der Waals surface area contributed by atoms with Crippen molar-refractivity contribution in [2.75, 3.05) is 6.61 Å². The van der Waals surface area contributed by atoms with E-state index >= 15 is 0 Å². The molecule has 0 fully saturated rings. The zero-order valence-electron chi connectivity index (χ0n) is 9.68. The molecule has 0 saturated carbocycles. The highest BCUT2D eigenvalue weighted by atomic mass is 16.6. The van der Waals surface area contributed by atoms with Crippen LogP contribution in [0.3, 0.4) is 0 Å². The van der Waals surface area contributed by atoms with Gasteiger partial charge in [-0.1, -0.05) is 41.6 Å². The van der Waals surface area contributed by atoms with Crippen LogP contribution >= 0.6 is 0 Å². The van der Waals surface area contributed by atoms with Crippen molar-refractivity contribution < 1.29 is 4.84 Å². The van der Waals surface area contributed by atoms with Crippen molar-refractivity contribution in [3.63, 3.8) is 0 Å². The fourth-order valence-electron chi connectivity index (χ4n) is 2.08. The summed E-state index contributed by atoms with van der Waals surface area (Å²) in [4.78, 5) is 5.18. The molecule has 0 saturated heterocycles. The Morgan fingerprint density at radius 2 is 1.88 bits per heavy atom. The Morgan fingerprint density at radius 1 is 1.06 bits per heavy atom. The van der Waals surface area contributed by atoms with Crippen molar-refractivity contribution in [2.24, 2.45) is 5.16 Å². The van der Waals surface area contributed by atoms with Crippen molar-refractivity contribution in [3.05, 3.63) is 54.1 Å². The Labute approximate surface area is 100 Å². The summed E-state index contributed by atoms with van der Waals surface area (Å²) < 4.78 is 0. The molecule has 0 aliphatic carbocycles. The van der Waals surface area contributed by atoms with E-state index in [1.165, 1.54) is 21.9 Å². The van der Waals surface area contributed by atoms with Crippen LogP contribution in [-0.2, 0) is 4.84 Å². The summed E-state index contributed by atoms with van der Waals surface area (Å²) in [5, 5.41) is 6.43. The fraction of sp³-hybridized carbons (Fsp3) is 0.133. The molecule has 17 heavy (non-hydrogen) atoms. The Hall–Kier alpha value is -2.09. The molecule has 1 heterocycles. The minimum atomic E-state index is 0.551. The number of hydrogen-bond donors (Lipinski definition) is 0. The first-order valence-electron chi connectivity index (χ1n) is 5.69. The van der Waals surface area contributed by atoms with Gasteiger partial charge in [-0.15, -0.1) is 0 Å². The number of hydrogen-bond acceptors (Lipinski definition) is 2. The lowest BCUT2D eigenvalue weighted by Gasteiger charge is -2.12. The zero-order valence-corrected chi connectivity index (χ0v) is 9.68. The van der Waals surface area contributed by atoms with Crippen LogP contribution in [0.1, 0.15) is 12.5 Å². The lowest BCUT2D eigenvalue weighted by Crippen LogP contribution is -2.03. The summed E-state index contributed by atoms with van der Waals surface area (Å²) in [7, 11) is 0. The molecule has 0 N–H and O–H groups in total. The number of rotatable bonds is 1. The van der Waals surface area contributed by atoms with E-state index in [0.29, 0.717) is 6.61 Å². The number of nitrogens with zero attached hydrogens (tertiary/aromatic N) is 1. The van der Waals surface area contributed by atoms with Crippen LogP contribution < -0.4 is 0 Å². The molecule has 2 aromatic rings. The van der Waals surface area contributed by atoms with Gasteiger partial charge in [-0.25, -0.2) is 0 Å². The fourth-order valence-corrected chi connectivity index (χ4v) is 2.08. The van der Waals surface area contributed by atoms with Crippen LogP contribution in [0.25, 0.3) is 16.3 Å². The van der Waals surface area contributed by atoms with E-state index in [2.05, 4.69) is 53.7 Å². The number of fused-ring (bicyclic) bond motifs is 1. The average molecular weight is 223 g/mol. The molecular formula is C15H13NO. The molecule has 0 bridgehead atoms. The molecule has 0 atom stereocenters. The summed E-state index contributed by atoms with van der Waals surface area (Å²) in [5.41, 5.74) is 3.31. The molecule has 2 nitrogen and oxygen atoms in total. The lowest BCUT2D eigenvalue weighted by molar-refractivity contribution is 0.177. The molecule has 1 aliphatic heterocycles. The predicted molar refractivity (Wildman–Crippen MR) is 71.0 cm³/mol. The van der Waals surface area contributed by atoms with Gasteiger partial charge in [-0.2, -0.15) is 0 Å². The molecule has 84 valence electrons.